The van der Waals surface area contributed by atoms with Crippen LogP contribution in [-0.2, 0) is 23.9 Å². The second-order valence-electron chi connectivity index (χ2n) is 10.5. The number of hydrogen-bond donors (Lipinski definition) is 0. The van der Waals surface area contributed by atoms with E-state index in [0.717, 1.165) is 5.56 Å². The molecule has 2 heterocycles. The predicted octanol–water partition coefficient (Wildman–Crippen LogP) is 6.43. The van der Waals surface area contributed by atoms with Crippen molar-refractivity contribution >= 4 is 11.0 Å². The van der Waals surface area contributed by atoms with Gasteiger partial charge in [-0.1, -0.05) is 44.2 Å². The second kappa shape index (κ2) is 12.9. The number of rotatable bonds is 12. The topological polar surface area (TPSA) is 61.6 Å². The van der Waals surface area contributed by atoms with Crippen LogP contribution in [0.2, 0.25) is 0 Å². The summed E-state index contributed by atoms with van der Waals surface area (Å²) in [7, 11) is 6.84. The van der Waals surface area contributed by atoms with Crippen LogP contribution in [0, 0.1) is 0 Å². The summed E-state index contributed by atoms with van der Waals surface area (Å²) in [5.41, 5.74) is 1.73. The maximum atomic E-state index is 14.9. The van der Waals surface area contributed by atoms with Gasteiger partial charge in [-0.15, -0.1) is 0 Å². The number of nitrogens with zero attached hydrogens (tertiary/aromatic N) is 4. The van der Waals surface area contributed by atoms with Crippen LogP contribution < -0.4 is 9.47 Å². The largest absolute Gasteiger partial charge is 0.494 e. The molecule has 0 fully saturated rings. The van der Waals surface area contributed by atoms with Crippen molar-refractivity contribution in [3.63, 3.8) is 0 Å². The van der Waals surface area contributed by atoms with E-state index in [1.54, 1.807) is 30.0 Å². The van der Waals surface area contributed by atoms with Crippen molar-refractivity contribution in [2.45, 2.75) is 38.9 Å². The standard InChI is InChI=1S/C31H37F3N4O3/c1-20(2)21-9-11-22(12-10-21)29-36-27-26(31(32,33)34)24(19-25(40-6)28(27)38(29)15-16-39-5)18-23-8-7-13-35-30(23)41-17-14-37(3)4/h7-13,19-20H,14-18H2,1-6H3. The molecular weight excluding hydrogens is 533 g/mol. The summed E-state index contributed by atoms with van der Waals surface area (Å²) in [6.07, 6.45) is -3.17. The van der Waals surface area contributed by atoms with Gasteiger partial charge in [0.2, 0.25) is 5.88 Å². The summed E-state index contributed by atoms with van der Waals surface area (Å²) in [4.78, 5) is 10.9. The summed E-state index contributed by atoms with van der Waals surface area (Å²) in [6.45, 7) is 5.77. The number of methoxy groups -OCH3 is 2. The van der Waals surface area contributed by atoms with Gasteiger partial charge in [0.25, 0.3) is 0 Å². The Kier molecular flexibility index (Phi) is 9.55. The Morgan fingerprint density at radius 2 is 1.73 bits per heavy atom. The van der Waals surface area contributed by atoms with Crippen molar-refractivity contribution in [3.05, 3.63) is 70.9 Å². The van der Waals surface area contributed by atoms with Crippen molar-refractivity contribution in [1.29, 1.82) is 0 Å². The normalized spacial score (nSPS) is 12.1. The van der Waals surface area contributed by atoms with Crippen LogP contribution in [0.5, 0.6) is 11.6 Å². The molecule has 10 heteroatoms. The molecule has 4 aromatic rings. The molecule has 0 unspecified atom stereocenters. The third-order valence-electron chi connectivity index (χ3n) is 6.93. The van der Waals surface area contributed by atoms with Crippen molar-refractivity contribution in [2.75, 3.05) is 48.1 Å². The molecule has 0 saturated heterocycles. The molecule has 41 heavy (non-hydrogen) atoms. The molecule has 0 bridgehead atoms. The van der Waals surface area contributed by atoms with Gasteiger partial charge in [-0.25, -0.2) is 9.97 Å². The van der Waals surface area contributed by atoms with Crippen molar-refractivity contribution in [1.82, 2.24) is 19.4 Å². The average molecular weight is 571 g/mol. The van der Waals surface area contributed by atoms with Crippen molar-refractivity contribution in [3.8, 4) is 23.0 Å². The minimum absolute atomic E-state index is 0.0328. The number of ether oxygens (including phenoxy) is 3. The summed E-state index contributed by atoms with van der Waals surface area (Å²) < 4.78 is 63.2. The molecule has 2 aromatic heterocycles. The third-order valence-corrected chi connectivity index (χ3v) is 6.93. The van der Waals surface area contributed by atoms with E-state index in [2.05, 4.69) is 23.8 Å². The number of alkyl halides is 3. The molecule has 0 aliphatic heterocycles. The van der Waals surface area contributed by atoms with E-state index in [9.17, 15) is 13.2 Å². The Balaban J connectivity index is 1.91. The first kappa shape index (κ1) is 30.3. The molecule has 0 saturated carbocycles. The van der Waals surface area contributed by atoms with E-state index in [4.69, 9.17) is 14.2 Å². The molecule has 4 rings (SSSR count). The molecule has 0 spiro atoms. The highest BCUT2D eigenvalue weighted by atomic mass is 19.4. The van der Waals surface area contributed by atoms with Gasteiger partial charge in [0.15, 0.2) is 0 Å². The van der Waals surface area contributed by atoms with E-state index in [1.165, 1.54) is 13.2 Å². The summed E-state index contributed by atoms with van der Waals surface area (Å²) in [6, 6.07) is 12.6. The fourth-order valence-corrected chi connectivity index (χ4v) is 4.80. The number of imidazole rings is 1. The van der Waals surface area contributed by atoms with Crippen molar-refractivity contribution in [2.24, 2.45) is 0 Å². The highest BCUT2D eigenvalue weighted by Crippen LogP contribution is 2.43. The first-order valence-corrected chi connectivity index (χ1v) is 13.5. The summed E-state index contributed by atoms with van der Waals surface area (Å²) in [5.74, 6) is 1.34. The minimum atomic E-state index is -4.67. The second-order valence-corrected chi connectivity index (χ2v) is 10.5. The van der Waals surface area contributed by atoms with Gasteiger partial charge in [-0.3, -0.25) is 0 Å². The first-order valence-electron chi connectivity index (χ1n) is 13.5. The molecule has 0 amide bonds. The Labute approximate surface area is 238 Å². The van der Waals surface area contributed by atoms with Gasteiger partial charge in [0.1, 0.15) is 29.2 Å². The van der Waals surface area contributed by atoms with Gasteiger partial charge in [-0.2, -0.15) is 13.2 Å². The number of benzene rings is 2. The first-order chi connectivity index (χ1) is 19.5. The van der Waals surface area contributed by atoms with E-state index in [-0.39, 0.29) is 29.6 Å². The molecular formula is C31H37F3N4O3. The molecule has 0 radical (unpaired) electrons. The number of likely N-dealkylation sites (N-methyl/N-ethyl adjacent to an activating group) is 1. The van der Waals surface area contributed by atoms with Gasteiger partial charge >= 0.3 is 6.18 Å². The molecule has 0 atom stereocenters. The smallest absolute Gasteiger partial charge is 0.418 e. The molecule has 0 aliphatic rings. The summed E-state index contributed by atoms with van der Waals surface area (Å²) in [5, 5.41) is 0. The SMILES string of the molecule is COCCn1c(-c2ccc(C(C)C)cc2)nc2c(C(F)(F)F)c(Cc3cccnc3OCCN(C)C)cc(OC)c21. The van der Waals surface area contributed by atoms with Crippen LogP contribution in [-0.4, -0.2) is 67.5 Å². The van der Waals surface area contributed by atoms with Crippen LogP contribution in [0.15, 0.2) is 48.7 Å². The molecule has 2 aromatic carbocycles. The van der Waals surface area contributed by atoms with Crippen LogP contribution in [0.25, 0.3) is 22.4 Å². The Bertz CT molecular complexity index is 1460. The molecule has 0 aliphatic carbocycles. The zero-order valence-electron chi connectivity index (χ0n) is 24.4. The lowest BCUT2D eigenvalue weighted by molar-refractivity contribution is -0.137. The number of aromatic nitrogens is 3. The van der Waals surface area contributed by atoms with E-state index in [1.807, 2.05) is 43.3 Å². The lowest BCUT2D eigenvalue weighted by Crippen LogP contribution is -2.20. The lowest BCUT2D eigenvalue weighted by atomic mass is 9.97. The monoisotopic (exact) mass is 570 g/mol. The fraction of sp³-hybridized carbons (Fsp3) is 0.419. The fourth-order valence-electron chi connectivity index (χ4n) is 4.80. The van der Waals surface area contributed by atoms with Crippen molar-refractivity contribution < 1.29 is 27.4 Å². The average Bonchev–Trinajstić information content (AvgIpc) is 3.30. The highest BCUT2D eigenvalue weighted by Gasteiger charge is 2.39. The van der Waals surface area contributed by atoms with Gasteiger partial charge in [0.05, 0.1) is 19.3 Å². The zero-order valence-corrected chi connectivity index (χ0v) is 24.4. The van der Waals surface area contributed by atoms with Gasteiger partial charge < -0.3 is 23.7 Å². The third kappa shape index (κ3) is 6.82. The Morgan fingerprint density at radius 1 is 1.00 bits per heavy atom. The molecule has 0 N–H and O–H groups in total. The Hall–Kier alpha value is -3.63. The lowest BCUT2D eigenvalue weighted by Gasteiger charge is -2.18. The maximum Gasteiger partial charge on any atom is 0.418 e. The molecule has 7 nitrogen and oxygen atoms in total. The van der Waals surface area contributed by atoms with Crippen LogP contribution in [0.4, 0.5) is 13.2 Å². The van der Waals surface area contributed by atoms with E-state index < -0.39 is 11.7 Å². The quantitative estimate of drug-likeness (QED) is 0.196. The van der Waals surface area contributed by atoms with E-state index >= 15 is 0 Å². The number of halogens is 3. The van der Waals surface area contributed by atoms with Gasteiger partial charge in [-0.05, 0) is 43.3 Å². The van der Waals surface area contributed by atoms with Crippen LogP contribution in [0.3, 0.4) is 0 Å². The number of pyridine rings is 1. The van der Waals surface area contributed by atoms with Crippen LogP contribution in [0.1, 0.15) is 42.0 Å². The Morgan fingerprint density at radius 3 is 2.34 bits per heavy atom. The zero-order chi connectivity index (χ0) is 29.7. The number of fused-ring (bicyclic) bond motifs is 1. The van der Waals surface area contributed by atoms with E-state index in [0.29, 0.717) is 54.2 Å². The van der Waals surface area contributed by atoms with Crippen LogP contribution >= 0.6 is 0 Å². The maximum absolute atomic E-state index is 14.9. The molecule has 220 valence electrons. The number of hydrogen-bond acceptors (Lipinski definition) is 6. The minimum Gasteiger partial charge on any atom is -0.494 e. The summed E-state index contributed by atoms with van der Waals surface area (Å²) >= 11 is 0. The predicted molar refractivity (Wildman–Crippen MR) is 154 cm³/mol. The van der Waals surface area contributed by atoms with Gasteiger partial charge in [0, 0.05) is 43.9 Å². The highest BCUT2D eigenvalue weighted by molar-refractivity contribution is 5.90.